The summed E-state index contributed by atoms with van der Waals surface area (Å²) in [5.41, 5.74) is 3.30. The van der Waals surface area contributed by atoms with Gasteiger partial charge in [-0.05, 0) is 36.8 Å². The minimum Gasteiger partial charge on any atom is -0.388 e. The van der Waals surface area contributed by atoms with E-state index in [9.17, 15) is 9.90 Å². The van der Waals surface area contributed by atoms with Gasteiger partial charge in [0.1, 0.15) is 0 Å². The van der Waals surface area contributed by atoms with Crippen LogP contribution in [0.5, 0.6) is 0 Å². The third-order valence-electron chi connectivity index (χ3n) is 5.24. The lowest BCUT2D eigenvalue weighted by Crippen LogP contribution is -2.21. The molecule has 5 aromatic rings. The molecule has 0 fully saturated rings. The summed E-state index contributed by atoms with van der Waals surface area (Å²) in [7, 11) is 0. The zero-order chi connectivity index (χ0) is 21.4. The van der Waals surface area contributed by atoms with E-state index in [1.807, 2.05) is 90.2 Å². The van der Waals surface area contributed by atoms with E-state index >= 15 is 0 Å². The minimum absolute atomic E-state index is 0.139. The third kappa shape index (κ3) is 3.52. The fourth-order valence-electron chi connectivity index (χ4n) is 3.62. The zero-order valence-corrected chi connectivity index (χ0v) is 17.7. The van der Waals surface area contributed by atoms with Crippen LogP contribution in [-0.4, -0.2) is 30.0 Å². The molecule has 0 aliphatic heterocycles. The molecule has 0 saturated carbocycles. The van der Waals surface area contributed by atoms with Crippen molar-refractivity contribution in [2.75, 3.05) is 5.75 Å². The molecule has 1 atom stereocenters. The molecule has 7 heteroatoms. The van der Waals surface area contributed by atoms with Gasteiger partial charge in [-0.15, -0.1) is 10.2 Å². The Morgan fingerprint density at radius 2 is 1.65 bits per heavy atom. The van der Waals surface area contributed by atoms with Crippen LogP contribution >= 0.6 is 11.8 Å². The number of fused-ring (bicyclic) bond motifs is 3. The average Bonchev–Trinajstić information content (AvgIpc) is 3.23. The number of para-hydroxylation sites is 1. The molecule has 0 amide bonds. The van der Waals surface area contributed by atoms with Crippen molar-refractivity contribution in [2.45, 2.75) is 18.2 Å². The van der Waals surface area contributed by atoms with E-state index in [-0.39, 0.29) is 5.56 Å². The summed E-state index contributed by atoms with van der Waals surface area (Å²) in [4.78, 5) is 13.3. The van der Waals surface area contributed by atoms with Gasteiger partial charge in [-0.3, -0.25) is 9.20 Å². The highest BCUT2D eigenvalue weighted by Gasteiger charge is 2.19. The molecule has 3 aromatic carbocycles. The van der Waals surface area contributed by atoms with Crippen molar-refractivity contribution < 1.29 is 5.11 Å². The number of hydrogen-bond acceptors (Lipinski definition) is 5. The van der Waals surface area contributed by atoms with E-state index in [4.69, 9.17) is 0 Å². The second-order valence-corrected chi connectivity index (χ2v) is 8.34. The van der Waals surface area contributed by atoms with Gasteiger partial charge >= 0.3 is 0 Å². The number of rotatable bonds is 5. The molecule has 1 N–H and O–H groups in total. The summed E-state index contributed by atoms with van der Waals surface area (Å²) >= 11 is 1.41. The van der Waals surface area contributed by atoms with Crippen molar-refractivity contribution in [3.63, 3.8) is 0 Å². The van der Waals surface area contributed by atoms with Crippen molar-refractivity contribution in [2.24, 2.45) is 0 Å². The van der Waals surface area contributed by atoms with E-state index in [1.165, 1.54) is 11.8 Å². The Labute approximate surface area is 182 Å². The lowest BCUT2D eigenvalue weighted by Gasteiger charge is -2.12. The first-order valence-electron chi connectivity index (χ1n) is 9.95. The predicted molar refractivity (Wildman–Crippen MR) is 123 cm³/mol. The highest BCUT2D eigenvalue weighted by molar-refractivity contribution is 7.99. The molecule has 6 nitrogen and oxygen atoms in total. The Hall–Kier alpha value is -3.42. The smallest absolute Gasteiger partial charge is 0.267 e. The van der Waals surface area contributed by atoms with Gasteiger partial charge in [-0.25, -0.2) is 4.57 Å². The van der Waals surface area contributed by atoms with E-state index in [0.29, 0.717) is 22.1 Å². The number of aliphatic hydroxyl groups excluding tert-OH is 1. The van der Waals surface area contributed by atoms with Gasteiger partial charge < -0.3 is 5.11 Å². The molecule has 0 unspecified atom stereocenters. The monoisotopic (exact) mass is 428 g/mol. The van der Waals surface area contributed by atoms with E-state index in [1.54, 1.807) is 4.57 Å². The summed E-state index contributed by atoms with van der Waals surface area (Å²) in [6.45, 7) is 2.01. The second kappa shape index (κ2) is 8.02. The molecule has 0 saturated heterocycles. The Morgan fingerprint density at radius 1 is 0.935 bits per heavy atom. The third-order valence-corrected chi connectivity index (χ3v) is 6.25. The van der Waals surface area contributed by atoms with E-state index in [2.05, 4.69) is 10.2 Å². The molecule has 154 valence electrons. The number of thioether (sulfide) groups is 1. The predicted octanol–water partition coefficient (Wildman–Crippen LogP) is 4.17. The van der Waals surface area contributed by atoms with Crippen molar-refractivity contribution in [3.05, 3.63) is 100 Å². The normalized spacial score (nSPS) is 12.5. The maximum absolute atomic E-state index is 13.3. The molecular weight excluding hydrogens is 408 g/mol. The van der Waals surface area contributed by atoms with Gasteiger partial charge in [-0.2, -0.15) is 0 Å². The summed E-state index contributed by atoms with van der Waals surface area (Å²) in [6.07, 6.45) is -0.632. The Balaban J connectivity index is 1.64. The molecule has 0 radical (unpaired) electrons. The first-order chi connectivity index (χ1) is 15.1. The number of benzene rings is 3. The largest absolute Gasteiger partial charge is 0.388 e. The number of hydrogen-bond donors (Lipinski definition) is 1. The maximum atomic E-state index is 13.3. The Kier molecular flexibility index (Phi) is 5.05. The highest BCUT2D eigenvalue weighted by Crippen LogP contribution is 2.26. The van der Waals surface area contributed by atoms with Gasteiger partial charge in [0.15, 0.2) is 5.16 Å². The van der Waals surface area contributed by atoms with Crippen LogP contribution in [-0.2, 0) is 0 Å². The second-order valence-electron chi connectivity index (χ2n) is 7.35. The number of aliphatic hydroxyl groups is 1. The average molecular weight is 429 g/mol. The number of aryl methyl sites for hydroxylation is 1. The summed E-state index contributed by atoms with van der Waals surface area (Å²) in [5, 5.41) is 20.5. The fraction of sp³-hybridized carbons (Fsp3) is 0.125. The van der Waals surface area contributed by atoms with Crippen LogP contribution in [0.3, 0.4) is 0 Å². The van der Waals surface area contributed by atoms with E-state index in [0.717, 1.165) is 22.3 Å². The number of nitrogens with zero attached hydrogens (tertiary/aromatic N) is 4. The summed E-state index contributed by atoms with van der Waals surface area (Å²) < 4.78 is 3.48. The Morgan fingerprint density at radius 3 is 2.42 bits per heavy atom. The molecule has 2 aromatic heterocycles. The molecular formula is C24H20N4O2S. The van der Waals surface area contributed by atoms with E-state index < -0.39 is 6.10 Å². The molecule has 0 spiro atoms. The number of aromatic nitrogens is 4. The van der Waals surface area contributed by atoms with Crippen molar-refractivity contribution in [3.8, 4) is 5.69 Å². The molecule has 0 aliphatic rings. The van der Waals surface area contributed by atoms with Gasteiger partial charge in [0.2, 0.25) is 5.78 Å². The van der Waals surface area contributed by atoms with Crippen LogP contribution in [0.1, 0.15) is 17.2 Å². The lowest BCUT2D eigenvalue weighted by atomic mass is 10.1. The molecule has 5 rings (SSSR count). The highest BCUT2D eigenvalue weighted by atomic mass is 32.2. The first kappa shape index (κ1) is 19.5. The Bertz CT molecular complexity index is 1430. The summed E-state index contributed by atoms with van der Waals surface area (Å²) in [6, 6.07) is 24.7. The standard InChI is InChI=1S/C24H20N4O2S/c1-16-11-13-18(14-12-16)27-22(30)19-9-5-6-10-20(19)28-23(27)25-26-24(28)31-15-21(29)17-7-3-2-4-8-17/h2-14,21,29H,15H2,1H3/t21-/m0/s1. The van der Waals surface area contributed by atoms with Crippen molar-refractivity contribution in [1.82, 2.24) is 19.2 Å². The van der Waals surface area contributed by atoms with Crippen molar-refractivity contribution >= 4 is 28.4 Å². The molecule has 0 bridgehead atoms. The minimum atomic E-state index is -0.632. The topological polar surface area (TPSA) is 72.4 Å². The van der Waals surface area contributed by atoms with Crippen LogP contribution < -0.4 is 5.56 Å². The van der Waals surface area contributed by atoms with Crippen LogP contribution in [0.15, 0.2) is 88.8 Å². The SMILES string of the molecule is Cc1ccc(-n2c(=O)c3ccccc3n3c(SC[C@H](O)c4ccccc4)nnc23)cc1. The van der Waals surface area contributed by atoms with Gasteiger partial charge in [0.05, 0.1) is 22.7 Å². The van der Waals surface area contributed by atoms with Crippen LogP contribution in [0.25, 0.3) is 22.4 Å². The van der Waals surface area contributed by atoms with Crippen molar-refractivity contribution in [1.29, 1.82) is 0 Å². The first-order valence-corrected chi connectivity index (χ1v) is 10.9. The van der Waals surface area contributed by atoms with Gasteiger partial charge in [0.25, 0.3) is 5.56 Å². The maximum Gasteiger partial charge on any atom is 0.267 e. The van der Waals surface area contributed by atoms with Crippen LogP contribution in [0.4, 0.5) is 0 Å². The van der Waals surface area contributed by atoms with Crippen LogP contribution in [0, 0.1) is 6.92 Å². The van der Waals surface area contributed by atoms with Gasteiger partial charge in [0, 0.05) is 5.75 Å². The quantitative estimate of drug-likeness (QED) is 0.426. The fourth-order valence-corrected chi connectivity index (χ4v) is 4.53. The van der Waals surface area contributed by atoms with Crippen LogP contribution in [0.2, 0.25) is 0 Å². The molecule has 31 heavy (non-hydrogen) atoms. The lowest BCUT2D eigenvalue weighted by molar-refractivity contribution is 0.204. The summed E-state index contributed by atoms with van der Waals surface area (Å²) in [5.74, 6) is 0.868. The molecule has 2 heterocycles. The molecule has 0 aliphatic carbocycles. The zero-order valence-electron chi connectivity index (χ0n) is 16.8. The van der Waals surface area contributed by atoms with Gasteiger partial charge in [-0.1, -0.05) is 71.9 Å².